The first-order valence-corrected chi connectivity index (χ1v) is 8.61. The first kappa shape index (κ1) is 17.2. The molecule has 1 aliphatic rings. The molecule has 2 aromatic rings. The number of benzene rings is 2. The van der Waals surface area contributed by atoms with E-state index >= 15 is 0 Å². The molecular weight excluding hydrogens is 388 g/mol. The fraction of sp³-hybridized carbons (Fsp3) is 0.167. The van der Waals surface area contributed by atoms with Gasteiger partial charge in [0.25, 0.3) is 5.91 Å². The van der Waals surface area contributed by atoms with E-state index in [1.54, 1.807) is 24.3 Å². The van der Waals surface area contributed by atoms with E-state index in [4.69, 9.17) is 4.74 Å². The quantitative estimate of drug-likeness (QED) is 0.368. The van der Waals surface area contributed by atoms with E-state index in [2.05, 4.69) is 21.1 Å². The van der Waals surface area contributed by atoms with E-state index in [1.807, 2.05) is 18.2 Å². The molecule has 0 aliphatic carbocycles. The Hall–Kier alpha value is -2.67. The molecule has 6 nitrogen and oxygen atoms in total. The molecule has 3 rings (SSSR count). The summed E-state index contributed by atoms with van der Waals surface area (Å²) in [6.07, 6.45) is 0. The summed E-state index contributed by atoms with van der Waals surface area (Å²) in [4.78, 5) is 25.8. The Bertz CT molecular complexity index is 879. The van der Waals surface area contributed by atoms with Crippen molar-refractivity contribution in [1.82, 2.24) is 0 Å². The number of rotatable bonds is 4. The molecule has 0 radical (unpaired) electrons. The highest BCUT2D eigenvalue weighted by Crippen LogP contribution is 2.32. The Balaban J connectivity index is 1.98. The van der Waals surface area contributed by atoms with Gasteiger partial charge < -0.3 is 14.8 Å². The fourth-order valence-corrected chi connectivity index (χ4v) is 3.14. The Morgan fingerprint density at radius 3 is 2.72 bits per heavy atom. The first-order chi connectivity index (χ1) is 12.1. The molecule has 0 atom stereocenters. The molecule has 0 aromatic heterocycles. The molecule has 1 heterocycles. The molecule has 0 unspecified atom stereocenters. The highest BCUT2D eigenvalue weighted by atomic mass is 79.9. The molecule has 0 fully saturated rings. The number of amides is 1. The standard InChI is InChI=1S/C18H15BrN2O4/c1-25-18(23)13-4-2-3-12(7-13)10-21-15-8-11(9-19)5-6-14(15)16(20-24)17(21)22/h2-8,24H,9-10H2,1H3/b20-16-. The molecule has 1 N–H and O–H groups in total. The van der Waals surface area contributed by atoms with E-state index in [0.717, 1.165) is 11.1 Å². The van der Waals surface area contributed by atoms with Gasteiger partial charge in [0.1, 0.15) is 0 Å². The number of fused-ring (bicyclic) bond motifs is 1. The van der Waals surface area contributed by atoms with E-state index < -0.39 is 5.97 Å². The van der Waals surface area contributed by atoms with Crippen LogP contribution in [0.1, 0.15) is 27.0 Å². The SMILES string of the molecule is COC(=O)c1cccc(CN2C(=O)/C(=N\O)c3ccc(CBr)cc32)c1. The summed E-state index contributed by atoms with van der Waals surface area (Å²) in [6, 6.07) is 12.4. The van der Waals surface area contributed by atoms with Gasteiger partial charge >= 0.3 is 5.97 Å². The zero-order valence-electron chi connectivity index (χ0n) is 13.4. The zero-order chi connectivity index (χ0) is 18.0. The third-order valence-corrected chi connectivity index (χ3v) is 4.65. The molecular formula is C18H15BrN2O4. The van der Waals surface area contributed by atoms with Gasteiger partial charge in [-0.05, 0) is 29.3 Å². The zero-order valence-corrected chi connectivity index (χ0v) is 15.0. The minimum atomic E-state index is -0.436. The molecule has 0 bridgehead atoms. The second-order valence-corrected chi connectivity index (χ2v) is 6.08. The van der Waals surface area contributed by atoms with Gasteiger partial charge in [0.15, 0.2) is 5.71 Å². The summed E-state index contributed by atoms with van der Waals surface area (Å²) in [6.45, 7) is 0.251. The Kier molecular flexibility index (Phi) is 4.85. The maximum Gasteiger partial charge on any atom is 0.337 e. The van der Waals surface area contributed by atoms with Crippen molar-refractivity contribution in [3.8, 4) is 0 Å². The van der Waals surface area contributed by atoms with Crippen LogP contribution in [0.2, 0.25) is 0 Å². The van der Waals surface area contributed by atoms with Crippen LogP contribution in [0.15, 0.2) is 47.6 Å². The molecule has 0 saturated heterocycles. The molecule has 2 aromatic carbocycles. The van der Waals surface area contributed by atoms with Crippen molar-refractivity contribution in [1.29, 1.82) is 0 Å². The predicted octanol–water partition coefficient (Wildman–Crippen LogP) is 3.09. The molecule has 0 saturated carbocycles. The Labute approximate surface area is 152 Å². The number of carbonyl (C=O) groups is 2. The molecule has 0 spiro atoms. The third-order valence-electron chi connectivity index (χ3n) is 4.00. The van der Waals surface area contributed by atoms with Gasteiger partial charge in [-0.25, -0.2) is 4.79 Å². The van der Waals surface area contributed by atoms with Crippen LogP contribution >= 0.6 is 15.9 Å². The number of alkyl halides is 1. The minimum absolute atomic E-state index is 0.0141. The smallest absolute Gasteiger partial charge is 0.337 e. The van der Waals surface area contributed by atoms with Crippen LogP contribution in [0.3, 0.4) is 0 Å². The van der Waals surface area contributed by atoms with Crippen molar-refractivity contribution >= 4 is 39.2 Å². The van der Waals surface area contributed by atoms with Gasteiger partial charge in [0.05, 0.1) is 24.9 Å². The summed E-state index contributed by atoms with van der Waals surface area (Å²) in [5, 5.41) is 13.0. The van der Waals surface area contributed by atoms with Crippen LogP contribution in [0.4, 0.5) is 5.69 Å². The van der Waals surface area contributed by atoms with Gasteiger partial charge in [-0.15, -0.1) is 0 Å². The molecule has 1 aliphatic heterocycles. The second-order valence-electron chi connectivity index (χ2n) is 5.52. The van der Waals surface area contributed by atoms with Crippen molar-refractivity contribution in [2.45, 2.75) is 11.9 Å². The average molecular weight is 403 g/mol. The summed E-state index contributed by atoms with van der Waals surface area (Å²) < 4.78 is 4.73. The summed E-state index contributed by atoms with van der Waals surface area (Å²) in [5.41, 5.74) is 3.46. The highest BCUT2D eigenvalue weighted by Gasteiger charge is 2.34. The van der Waals surface area contributed by atoms with Crippen LogP contribution in [0.5, 0.6) is 0 Å². The van der Waals surface area contributed by atoms with Crippen LogP contribution in [-0.4, -0.2) is 29.9 Å². The number of carbonyl (C=O) groups excluding carboxylic acids is 2. The van der Waals surface area contributed by atoms with Crippen LogP contribution < -0.4 is 4.90 Å². The molecule has 7 heteroatoms. The lowest BCUT2D eigenvalue weighted by atomic mass is 10.1. The number of halogens is 1. The lowest BCUT2D eigenvalue weighted by Crippen LogP contribution is -2.29. The second kappa shape index (κ2) is 7.06. The normalized spacial score (nSPS) is 14.7. The number of ether oxygens (including phenoxy) is 1. The lowest BCUT2D eigenvalue weighted by Gasteiger charge is -2.18. The van der Waals surface area contributed by atoms with Crippen molar-refractivity contribution in [2.75, 3.05) is 12.0 Å². The first-order valence-electron chi connectivity index (χ1n) is 7.49. The summed E-state index contributed by atoms with van der Waals surface area (Å²) >= 11 is 3.40. The summed E-state index contributed by atoms with van der Waals surface area (Å²) in [7, 11) is 1.32. The number of esters is 1. The van der Waals surface area contributed by atoms with Gasteiger partial charge in [0, 0.05) is 10.9 Å². The van der Waals surface area contributed by atoms with Crippen LogP contribution in [-0.2, 0) is 21.4 Å². The van der Waals surface area contributed by atoms with E-state index in [-0.39, 0.29) is 18.2 Å². The largest absolute Gasteiger partial charge is 0.465 e. The van der Waals surface area contributed by atoms with E-state index in [1.165, 1.54) is 12.0 Å². The lowest BCUT2D eigenvalue weighted by molar-refractivity contribution is -0.112. The fourth-order valence-electron chi connectivity index (χ4n) is 2.79. The van der Waals surface area contributed by atoms with Crippen LogP contribution in [0.25, 0.3) is 0 Å². The van der Waals surface area contributed by atoms with Crippen molar-refractivity contribution in [3.05, 3.63) is 64.7 Å². The van der Waals surface area contributed by atoms with Crippen molar-refractivity contribution < 1.29 is 19.5 Å². The maximum atomic E-state index is 12.6. The number of anilines is 1. The third kappa shape index (κ3) is 3.15. The molecule has 25 heavy (non-hydrogen) atoms. The maximum absolute atomic E-state index is 12.6. The summed E-state index contributed by atoms with van der Waals surface area (Å²) in [5.74, 6) is -0.818. The predicted molar refractivity (Wildman–Crippen MR) is 96.4 cm³/mol. The molecule has 128 valence electrons. The number of methoxy groups -OCH3 is 1. The van der Waals surface area contributed by atoms with Crippen molar-refractivity contribution in [3.63, 3.8) is 0 Å². The van der Waals surface area contributed by atoms with Gasteiger partial charge in [-0.3, -0.25) is 4.79 Å². The minimum Gasteiger partial charge on any atom is -0.465 e. The average Bonchev–Trinajstić information content (AvgIpc) is 2.91. The van der Waals surface area contributed by atoms with E-state index in [9.17, 15) is 14.8 Å². The van der Waals surface area contributed by atoms with E-state index in [0.29, 0.717) is 22.1 Å². The monoisotopic (exact) mass is 402 g/mol. The topological polar surface area (TPSA) is 79.2 Å². The Morgan fingerprint density at radius 2 is 2.04 bits per heavy atom. The Morgan fingerprint density at radius 1 is 1.24 bits per heavy atom. The number of oxime groups is 1. The van der Waals surface area contributed by atoms with Crippen LogP contribution in [0, 0.1) is 0 Å². The highest BCUT2D eigenvalue weighted by molar-refractivity contribution is 9.08. The van der Waals surface area contributed by atoms with Crippen molar-refractivity contribution in [2.24, 2.45) is 5.16 Å². The van der Waals surface area contributed by atoms with Gasteiger partial charge in [-0.2, -0.15) is 0 Å². The number of hydrogen-bond acceptors (Lipinski definition) is 5. The van der Waals surface area contributed by atoms with Gasteiger partial charge in [0.2, 0.25) is 0 Å². The number of hydrogen-bond donors (Lipinski definition) is 1. The molecule has 1 amide bonds. The number of nitrogens with zero attached hydrogens (tertiary/aromatic N) is 2. The van der Waals surface area contributed by atoms with Gasteiger partial charge in [-0.1, -0.05) is 45.4 Å².